The molecule has 8 N–H and O–H groups in total. The molecule has 0 saturated carbocycles. The minimum atomic E-state index is -1.37. The number of carbonyl (C=O) groups excluding carboxylic acids is 4. The number of nitrogens with two attached hydrogens (primary N) is 2. The molecule has 0 bridgehead atoms. The van der Waals surface area contributed by atoms with E-state index >= 15 is 0 Å². The van der Waals surface area contributed by atoms with Gasteiger partial charge in [-0.3, -0.25) is 14.9 Å². The molecule has 0 aromatic rings. The molecule has 8 heteroatoms. The molecule has 0 radical (unpaired) electrons. The summed E-state index contributed by atoms with van der Waals surface area (Å²) in [5.41, 5.74) is 6.43. The first kappa shape index (κ1) is 20.5. The Morgan fingerprint density at radius 3 is 2.09 bits per heavy atom. The van der Waals surface area contributed by atoms with Crippen molar-refractivity contribution in [1.29, 1.82) is 0 Å². The van der Waals surface area contributed by atoms with Crippen molar-refractivity contribution in [2.45, 2.75) is 36.8 Å². The van der Waals surface area contributed by atoms with E-state index in [4.69, 9.17) is 5.73 Å². The zero-order valence-electron chi connectivity index (χ0n) is 13.0. The molecule has 0 aromatic carbocycles. The van der Waals surface area contributed by atoms with Gasteiger partial charge in [-0.15, -0.1) is 0 Å². The summed E-state index contributed by atoms with van der Waals surface area (Å²) in [7, 11) is 0. The lowest BCUT2D eigenvalue weighted by atomic mass is 9.87. The fourth-order valence-corrected chi connectivity index (χ4v) is 2.02. The van der Waals surface area contributed by atoms with Gasteiger partial charge in [0.15, 0.2) is 12.6 Å². The average Bonchev–Trinajstić information content (AvgIpc) is 2.57. The first-order valence-electron chi connectivity index (χ1n) is 7.51. The summed E-state index contributed by atoms with van der Waals surface area (Å²) < 4.78 is 0. The van der Waals surface area contributed by atoms with E-state index in [-0.39, 0.29) is 12.8 Å². The zero-order chi connectivity index (χ0) is 16.9. The maximum absolute atomic E-state index is 11.3. The summed E-state index contributed by atoms with van der Waals surface area (Å²) in [6.07, 6.45) is 3.75. The minimum Gasteiger partial charge on any atom is -0.358 e. The Morgan fingerprint density at radius 1 is 1.00 bits per heavy atom. The molecule has 0 atom stereocenters. The van der Waals surface area contributed by atoms with Crippen LogP contribution in [0.1, 0.15) is 25.7 Å². The molecule has 8 nitrogen and oxygen atoms in total. The molecule has 0 rings (SSSR count). The highest BCUT2D eigenvalue weighted by Gasteiger charge is 2.38. The second-order valence-corrected chi connectivity index (χ2v) is 5.39. The highest BCUT2D eigenvalue weighted by molar-refractivity contribution is 5.90. The van der Waals surface area contributed by atoms with Crippen molar-refractivity contribution in [1.82, 2.24) is 5.32 Å². The SMILES string of the molecule is NCCC[NH2+]C(C=O)(C=O)CCC(C=O)(C=O)NCCC[NH3+]. The Labute approximate surface area is 130 Å². The van der Waals surface area contributed by atoms with Gasteiger partial charge in [-0.1, -0.05) is 0 Å². The van der Waals surface area contributed by atoms with Gasteiger partial charge in [0.25, 0.3) is 0 Å². The molecule has 0 unspecified atom stereocenters. The second-order valence-electron chi connectivity index (χ2n) is 5.39. The third-order valence-corrected chi connectivity index (χ3v) is 3.64. The van der Waals surface area contributed by atoms with E-state index in [1.165, 1.54) is 0 Å². The Morgan fingerprint density at radius 2 is 1.64 bits per heavy atom. The highest BCUT2D eigenvalue weighted by Crippen LogP contribution is 2.13. The standard InChI is InChI=1S/C14H26N4O4/c15-5-1-7-17-13(9-19,10-20)3-4-14(11-21,12-22)18-8-2-6-16/h9-12,17-18H,1-8,15-16H2/p+2. The van der Waals surface area contributed by atoms with Crippen LogP contribution in [0.25, 0.3) is 0 Å². The second kappa shape index (κ2) is 11.1. The maximum atomic E-state index is 11.3. The zero-order valence-corrected chi connectivity index (χ0v) is 13.0. The first-order valence-corrected chi connectivity index (χ1v) is 7.51. The Bertz CT molecular complexity index is 313. The maximum Gasteiger partial charge on any atom is 0.208 e. The van der Waals surface area contributed by atoms with E-state index in [2.05, 4.69) is 11.1 Å². The van der Waals surface area contributed by atoms with E-state index in [1.54, 1.807) is 5.32 Å². The van der Waals surface area contributed by atoms with Crippen LogP contribution in [0.3, 0.4) is 0 Å². The van der Waals surface area contributed by atoms with Crippen molar-refractivity contribution < 1.29 is 30.2 Å². The molecule has 0 aliphatic carbocycles. The van der Waals surface area contributed by atoms with Crippen LogP contribution in [0.5, 0.6) is 0 Å². The summed E-state index contributed by atoms with van der Waals surface area (Å²) in [5, 5.41) is 4.49. The van der Waals surface area contributed by atoms with Crippen molar-refractivity contribution >= 4 is 25.1 Å². The molecule has 22 heavy (non-hydrogen) atoms. The number of hydrogen-bond donors (Lipinski definition) is 4. The van der Waals surface area contributed by atoms with E-state index in [0.29, 0.717) is 57.7 Å². The quantitative estimate of drug-likeness (QED) is 0.138. The van der Waals surface area contributed by atoms with Crippen molar-refractivity contribution in [3.8, 4) is 0 Å². The number of nitrogens with one attached hydrogen (secondary N) is 1. The van der Waals surface area contributed by atoms with Gasteiger partial charge >= 0.3 is 0 Å². The van der Waals surface area contributed by atoms with Crippen LogP contribution in [-0.2, 0) is 19.2 Å². The van der Waals surface area contributed by atoms with Crippen molar-refractivity contribution in [2.24, 2.45) is 5.73 Å². The van der Waals surface area contributed by atoms with Crippen molar-refractivity contribution in [3.63, 3.8) is 0 Å². The van der Waals surface area contributed by atoms with Gasteiger partial charge in [-0.25, -0.2) is 0 Å². The van der Waals surface area contributed by atoms with Crippen LogP contribution >= 0.6 is 0 Å². The van der Waals surface area contributed by atoms with E-state index in [0.717, 1.165) is 6.42 Å². The number of rotatable bonds is 15. The predicted octanol–water partition coefficient (Wildman–Crippen LogP) is -3.83. The molecular formula is C14H28N4O4+2. The van der Waals surface area contributed by atoms with E-state index < -0.39 is 11.1 Å². The molecule has 126 valence electrons. The lowest BCUT2D eigenvalue weighted by Gasteiger charge is -2.27. The van der Waals surface area contributed by atoms with Crippen molar-refractivity contribution in [3.05, 3.63) is 0 Å². The lowest BCUT2D eigenvalue weighted by Crippen LogP contribution is -2.98. The van der Waals surface area contributed by atoms with Crippen molar-refractivity contribution in [2.75, 3.05) is 26.2 Å². The van der Waals surface area contributed by atoms with Gasteiger partial charge < -0.3 is 26.4 Å². The molecular weight excluding hydrogens is 288 g/mol. The minimum absolute atomic E-state index is 0.0771. The van der Waals surface area contributed by atoms with Crippen LogP contribution in [0.15, 0.2) is 0 Å². The van der Waals surface area contributed by atoms with Gasteiger partial charge in [-0.05, 0) is 13.0 Å². The van der Waals surface area contributed by atoms with Crippen LogP contribution in [-0.4, -0.2) is 62.4 Å². The number of hydrogen-bond acceptors (Lipinski definition) is 6. The largest absolute Gasteiger partial charge is 0.358 e. The van der Waals surface area contributed by atoms with E-state index in [1.807, 2.05) is 0 Å². The smallest absolute Gasteiger partial charge is 0.208 e. The number of aldehydes is 4. The summed E-state index contributed by atoms with van der Waals surface area (Å²) in [6, 6.07) is 0. The summed E-state index contributed by atoms with van der Waals surface area (Å²) in [6.45, 7) is 2.13. The Balaban J connectivity index is 4.80. The van der Waals surface area contributed by atoms with Gasteiger partial charge in [0, 0.05) is 25.8 Å². The molecule has 0 aliphatic rings. The molecule has 0 aliphatic heterocycles. The Hall–Kier alpha value is -1.48. The summed E-state index contributed by atoms with van der Waals surface area (Å²) in [4.78, 5) is 45.2. The predicted molar refractivity (Wildman–Crippen MR) is 79.8 cm³/mol. The van der Waals surface area contributed by atoms with Crippen LogP contribution in [0.2, 0.25) is 0 Å². The highest BCUT2D eigenvalue weighted by atomic mass is 16.1. The molecule has 0 fully saturated rings. The van der Waals surface area contributed by atoms with Gasteiger partial charge in [0.05, 0.1) is 13.1 Å². The first-order chi connectivity index (χ1) is 10.6. The molecule has 0 saturated heterocycles. The number of quaternary nitrogens is 2. The lowest BCUT2D eigenvalue weighted by molar-refractivity contribution is -0.696. The molecule has 0 amide bonds. The monoisotopic (exact) mass is 316 g/mol. The van der Waals surface area contributed by atoms with Gasteiger partial charge in [0.1, 0.15) is 18.1 Å². The fraction of sp³-hybridized carbons (Fsp3) is 0.714. The molecule has 0 spiro atoms. The summed E-state index contributed by atoms with van der Waals surface area (Å²) in [5.74, 6) is 0. The normalized spacial score (nSPS) is 11.9. The van der Waals surface area contributed by atoms with Crippen LogP contribution in [0.4, 0.5) is 0 Å². The van der Waals surface area contributed by atoms with Gasteiger partial charge in [-0.2, -0.15) is 0 Å². The third-order valence-electron chi connectivity index (χ3n) is 3.64. The third kappa shape index (κ3) is 6.52. The topological polar surface area (TPSA) is 151 Å². The molecule has 0 aromatic heterocycles. The summed E-state index contributed by atoms with van der Waals surface area (Å²) >= 11 is 0. The van der Waals surface area contributed by atoms with Crippen LogP contribution in [0, 0.1) is 0 Å². The van der Waals surface area contributed by atoms with Gasteiger partial charge in [0.2, 0.25) is 5.54 Å². The van der Waals surface area contributed by atoms with E-state index in [9.17, 15) is 19.2 Å². The number of carbonyl (C=O) groups is 4. The average molecular weight is 316 g/mol. The Kier molecular flexibility index (Phi) is 10.4. The molecule has 0 heterocycles. The fourth-order valence-electron chi connectivity index (χ4n) is 2.02. The van der Waals surface area contributed by atoms with Crippen LogP contribution < -0.4 is 22.1 Å².